The molecule has 0 saturated heterocycles. The number of aromatic hydroxyl groups is 1. The van der Waals surface area contributed by atoms with Crippen molar-refractivity contribution in [1.82, 2.24) is 0 Å². The van der Waals surface area contributed by atoms with Crippen molar-refractivity contribution in [2.45, 2.75) is 57.8 Å². The summed E-state index contributed by atoms with van der Waals surface area (Å²) in [6, 6.07) is 42.7. The van der Waals surface area contributed by atoms with Gasteiger partial charge in [0, 0.05) is 23.4 Å². The molecule has 0 amide bonds. The second-order valence-electron chi connectivity index (χ2n) is 14.0. The largest absolute Gasteiger partial charge is 0.507 e. The van der Waals surface area contributed by atoms with E-state index >= 15 is 0 Å². The van der Waals surface area contributed by atoms with Gasteiger partial charge in [-0.25, -0.2) is 0 Å². The van der Waals surface area contributed by atoms with Crippen molar-refractivity contribution in [2.75, 3.05) is 13.2 Å². The van der Waals surface area contributed by atoms with Gasteiger partial charge < -0.3 is 14.6 Å². The Morgan fingerprint density at radius 1 is 0.554 bits per heavy atom. The molecular weight excluding hydrogens is 697 g/mol. The first-order chi connectivity index (χ1) is 27.6. The number of carbonyl (C=O) groups excluding carboxylic acids is 1. The van der Waals surface area contributed by atoms with Gasteiger partial charge in [-0.05, 0) is 89.5 Å². The zero-order valence-corrected chi connectivity index (χ0v) is 31.5. The second kappa shape index (κ2) is 19.3. The maximum Gasteiger partial charge on any atom is 0.160 e. The molecule has 8 heteroatoms. The number of hydrogen-bond acceptors (Lipinski definition) is 8. The summed E-state index contributed by atoms with van der Waals surface area (Å²) < 4.78 is 12.3. The third-order valence-electron chi connectivity index (χ3n) is 9.78. The average Bonchev–Trinajstić information content (AvgIpc) is 3.23. The molecule has 0 radical (unpaired) electrons. The maximum atomic E-state index is 12.5. The van der Waals surface area contributed by atoms with Crippen LogP contribution in [0.15, 0.2) is 160 Å². The van der Waals surface area contributed by atoms with Crippen LogP contribution < -0.4 is 9.47 Å². The highest BCUT2D eigenvalue weighted by Crippen LogP contribution is 2.40. The monoisotopic (exact) mass is 742 g/mol. The molecule has 7 rings (SSSR count). The van der Waals surface area contributed by atoms with Crippen LogP contribution in [-0.4, -0.2) is 24.1 Å². The smallest absolute Gasteiger partial charge is 0.160 e. The number of fused-ring (bicyclic) bond motifs is 2. The van der Waals surface area contributed by atoms with Crippen molar-refractivity contribution in [1.29, 1.82) is 0 Å². The Balaban J connectivity index is 0.811. The molecule has 1 N–H and O–H groups in total. The molecule has 0 atom stereocenters. The highest BCUT2D eigenvalue weighted by Gasteiger charge is 2.23. The van der Waals surface area contributed by atoms with E-state index in [0.717, 1.165) is 100 Å². The lowest BCUT2D eigenvalue weighted by atomic mass is 9.85. The number of allylic oxidation sites excluding steroid dienone is 1. The van der Waals surface area contributed by atoms with Crippen molar-refractivity contribution in [3.8, 4) is 17.2 Å². The van der Waals surface area contributed by atoms with E-state index in [4.69, 9.17) is 9.47 Å². The van der Waals surface area contributed by atoms with Crippen LogP contribution >= 0.6 is 0 Å². The van der Waals surface area contributed by atoms with E-state index in [1.54, 1.807) is 12.1 Å². The molecule has 0 spiro atoms. The number of carbonyl (C=O) groups is 1. The van der Waals surface area contributed by atoms with E-state index in [0.29, 0.717) is 19.0 Å². The summed E-state index contributed by atoms with van der Waals surface area (Å²) in [5.74, 6) is 1.52. The predicted molar refractivity (Wildman–Crippen MR) is 223 cm³/mol. The number of unbranched alkanes of at least 4 members (excludes halogenated alkanes) is 7. The average molecular weight is 743 g/mol. The Morgan fingerprint density at radius 3 is 1.82 bits per heavy atom. The van der Waals surface area contributed by atoms with E-state index in [1.807, 2.05) is 109 Å². The van der Waals surface area contributed by atoms with Crippen LogP contribution in [0.25, 0.3) is 16.3 Å². The van der Waals surface area contributed by atoms with Gasteiger partial charge in [0.25, 0.3) is 0 Å². The number of phenols is 1. The van der Waals surface area contributed by atoms with Gasteiger partial charge in [-0.15, -0.1) is 5.11 Å². The minimum Gasteiger partial charge on any atom is -0.507 e. The van der Waals surface area contributed by atoms with Crippen LogP contribution in [-0.2, 0) is 11.2 Å². The summed E-state index contributed by atoms with van der Waals surface area (Å²) in [5.41, 5.74) is 6.20. The minimum absolute atomic E-state index is 0.0285. The number of azo groups is 2. The van der Waals surface area contributed by atoms with Crippen LogP contribution in [0.4, 0.5) is 22.7 Å². The Kier molecular flexibility index (Phi) is 13.0. The third kappa shape index (κ3) is 10.2. The molecule has 0 bridgehead atoms. The Morgan fingerprint density at radius 2 is 1.12 bits per heavy atom. The van der Waals surface area contributed by atoms with Gasteiger partial charge in [-0.3, -0.25) is 4.79 Å². The lowest BCUT2D eigenvalue weighted by molar-refractivity contribution is -0.114. The second-order valence-corrected chi connectivity index (χ2v) is 14.0. The molecule has 6 aromatic rings. The summed E-state index contributed by atoms with van der Waals surface area (Å²) in [5, 5.41) is 30.8. The van der Waals surface area contributed by atoms with E-state index in [-0.39, 0.29) is 18.0 Å². The summed E-state index contributed by atoms with van der Waals surface area (Å²) in [7, 11) is 0. The highest BCUT2D eigenvalue weighted by atomic mass is 16.5. The number of ketones is 1. The van der Waals surface area contributed by atoms with E-state index in [1.165, 1.54) is 12.8 Å². The number of benzene rings is 6. The van der Waals surface area contributed by atoms with E-state index in [2.05, 4.69) is 38.7 Å². The zero-order chi connectivity index (χ0) is 38.4. The fourth-order valence-electron chi connectivity index (χ4n) is 6.90. The van der Waals surface area contributed by atoms with Crippen LogP contribution in [0.3, 0.4) is 0 Å². The molecule has 0 heterocycles. The molecule has 0 aromatic heterocycles. The van der Waals surface area contributed by atoms with Crippen LogP contribution in [0.5, 0.6) is 17.2 Å². The highest BCUT2D eigenvalue weighted by molar-refractivity contribution is 6.06. The number of rotatable bonds is 18. The number of hydrogen-bond donors (Lipinski definition) is 1. The van der Waals surface area contributed by atoms with Gasteiger partial charge >= 0.3 is 0 Å². The molecule has 0 aliphatic heterocycles. The summed E-state index contributed by atoms with van der Waals surface area (Å²) in [6.45, 7) is 1.20. The van der Waals surface area contributed by atoms with Crippen LogP contribution in [0.1, 0.15) is 68.1 Å². The van der Waals surface area contributed by atoms with Crippen molar-refractivity contribution in [3.05, 3.63) is 156 Å². The molecule has 6 aromatic carbocycles. The Hall–Kier alpha value is -6.41. The molecule has 282 valence electrons. The number of nitrogens with zero attached hydrogens (tertiary/aromatic N) is 4. The van der Waals surface area contributed by atoms with Crippen LogP contribution in [0, 0.1) is 0 Å². The lowest BCUT2D eigenvalue weighted by Gasteiger charge is -2.20. The summed E-state index contributed by atoms with van der Waals surface area (Å²) >= 11 is 0. The third-order valence-corrected chi connectivity index (χ3v) is 9.78. The van der Waals surface area contributed by atoms with Crippen LogP contribution in [0.2, 0.25) is 0 Å². The predicted octanol–water partition coefficient (Wildman–Crippen LogP) is 13.5. The molecule has 0 fully saturated rings. The van der Waals surface area contributed by atoms with Crippen molar-refractivity contribution < 1.29 is 19.4 Å². The fraction of sp³-hybridized carbons (Fsp3) is 0.229. The first-order valence-corrected chi connectivity index (χ1v) is 19.5. The standard InChI is InChI=1S/C48H46N4O4/c53-41-31-37-32-42(34-45(54)47(37)44(33-41)35-17-9-7-10-18-35)55-29-15-5-3-1-2-4-6-16-30-56-46-28-23-36-19-13-14-22-43(36)48(46)52-51-40-26-24-39(25-27-40)50-49-38-20-11-8-12-21-38/h7-14,17-28,32-34,54H,1-6,15-16,29-31H2. The molecule has 0 unspecified atom stereocenters. The Bertz CT molecular complexity index is 2320. The van der Waals surface area contributed by atoms with Gasteiger partial charge in [-0.2, -0.15) is 15.3 Å². The van der Waals surface area contributed by atoms with E-state index in [9.17, 15) is 9.90 Å². The van der Waals surface area contributed by atoms with Gasteiger partial charge in [-0.1, -0.05) is 117 Å². The summed E-state index contributed by atoms with van der Waals surface area (Å²) in [6.07, 6.45) is 10.7. The molecule has 56 heavy (non-hydrogen) atoms. The minimum atomic E-state index is 0.0285. The number of ether oxygens (including phenoxy) is 2. The lowest BCUT2D eigenvalue weighted by Crippen LogP contribution is -2.11. The fourth-order valence-corrected chi connectivity index (χ4v) is 6.90. The Labute approximate surface area is 328 Å². The van der Waals surface area contributed by atoms with Crippen molar-refractivity contribution >= 4 is 44.9 Å². The summed E-state index contributed by atoms with van der Waals surface area (Å²) in [4.78, 5) is 12.5. The first kappa shape index (κ1) is 37.9. The maximum absolute atomic E-state index is 12.5. The van der Waals surface area contributed by atoms with Gasteiger partial charge in [0.15, 0.2) is 5.78 Å². The van der Waals surface area contributed by atoms with Crippen molar-refractivity contribution in [2.24, 2.45) is 20.5 Å². The van der Waals surface area contributed by atoms with E-state index < -0.39 is 0 Å². The van der Waals surface area contributed by atoms with Gasteiger partial charge in [0.05, 0.1) is 30.3 Å². The molecule has 8 nitrogen and oxygen atoms in total. The van der Waals surface area contributed by atoms with Gasteiger partial charge in [0.1, 0.15) is 22.9 Å². The number of phenolic OH excluding ortho intramolecular Hbond substituents is 1. The SMILES string of the molecule is O=C1C=C(c2ccccc2)c2c(O)cc(OCCCCCCCCCCOc3ccc4ccccc4c3N=Nc3ccc(N=Nc4ccccc4)cc3)cc2C1. The zero-order valence-electron chi connectivity index (χ0n) is 31.5. The molecule has 1 aliphatic carbocycles. The molecule has 0 saturated carbocycles. The normalized spacial score (nSPS) is 12.6. The molecule has 1 aliphatic rings. The topological polar surface area (TPSA) is 105 Å². The quantitative estimate of drug-likeness (QED) is 0.0699. The van der Waals surface area contributed by atoms with Gasteiger partial charge in [0.2, 0.25) is 0 Å². The molecular formula is C48H46N4O4. The first-order valence-electron chi connectivity index (χ1n) is 19.5. The van der Waals surface area contributed by atoms with Crippen molar-refractivity contribution in [3.63, 3.8) is 0 Å².